The summed E-state index contributed by atoms with van der Waals surface area (Å²) in [7, 11) is 0. The van der Waals surface area contributed by atoms with Gasteiger partial charge in [0, 0.05) is 11.3 Å². The van der Waals surface area contributed by atoms with Gasteiger partial charge in [-0.25, -0.2) is 4.39 Å². The number of halogens is 5. The standard InChI is InChI=1S/C16H12F5NO2/c1-9-7-11(17)5-6-13(9)22-14(23)10-3-2-4-12(8-10)24-16(20,21)15(18)19/h2-8,15H,1H3,(H,22,23). The van der Waals surface area contributed by atoms with Crippen LogP contribution in [0.3, 0.4) is 0 Å². The van der Waals surface area contributed by atoms with E-state index in [1.807, 2.05) is 0 Å². The molecule has 2 rings (SSSR count). The molecule has 0 aliphatic heterocycles. The highest BCUT2D eigenvalue weighted by atomic mass is 19.3. The third-order valence-corrected chi connectivity index (χ3v) is 3.04. The van der Waals surface area contributed by atoms with Crippen LogP contribution in [0.15, 0.2) is 42.5 Å². The number of benzene rings is 2. The third-order valence-electron chi connectivity index (χ3n) is 3.04. The van der Waals surface area contributed by atoms with E-state index in [2.05, 4.69) is 10.1 Å². The van der Waals surface area contributed by atoms with Crippen molar-refractivity contribution in [2.75, 3.05) is 5.32 Å². The topological polar surface area (TPSA) is 38.3 Å². The molecule has 128 valence electrons. The number of alkyl halides is 4. The molecule has 0 bridgehead atoms. The van der Waals surface area contributed by atoms with Gasteiger partial charge in [0.1, 0.15) is 11.6 Å². The maximum atomic E-state index is 13.0. The number of rotatable bonds is 5. The van der Waals surface area contributed by atoms with E-state index in [1.165, 1.54) is 24.3 Å². The highest BCUT2D eigenvalue weighted by molar-refractivity contribution is 6.04. The normalized spacial score (nSPS) is 11.5. The molecule has 8 heteroatoms. The molecule has 0 unspecified atom stereocenters. The van der Waals surface area contributed by atoms with E-state index in [4.69, 9.17) is 0 Å². The van der Waals surface area contributed by atoms with E-state index in [-0.39, 0.29) is 5.56 Å². The SMILES string of the molecule is Cc1cc(F)ccc1NC(=O)c1cccc(OC(F)(F)C(F)F)c1. The van der Waals surface area contributed by atoms with Crippen molar-refractivity contribution in [2.45, 2.75) is 19.5 Å². The van der Waals surface area contributed by atoms with Crippen LogP contribution < -0.4 is 10.1 Å². The molecule has 2 aromatic carbocycles. The second-order valence-corrected chi connectivity index (χ2v) is 4.91. The summed E-state index contributed by atoms with van der Waals surface area (Å²) >= 11 is 0. The monoisotopic (exact) mass is 345 g/mol. The second kappa shape index (κ2) is 6.86. The lowest BCUT2D eigenvalue weighted by Gasteiger charge is -2.17. The van der Waals surface area contributed by atoms with Crippen molar-refractivity contribution in [3.8, 4) is 5.75 Å². The van der Waals surface area contributed by atoms with Gasteiger partial charge in [-0.15, -0.1) is 0 Å². The molecule has 3 nitrogen and oxygen atoms in total. The van der Waals surface area contributed by atoms with E-state index in [9.17, 15) is 26.7 Å². The van der Waals surface area contributed by atoms with Gasteiger partial charge in [0.15, 0.2) is 0 Å². The quantitative estimate of drug-likeness (QED) is 0.803. The molecule has 0 saturated heterocycles. The number of anilines is 1. The number of carbonyl (C=O) groups is 1. The molecular weight excluding hydrogens is 333 g/mol. The van der Waals surface area contributed by atoms with Crippen LogP contribution in [-0.2, 0) is 0 Å². The van der Waals surface area contributed by atoms with Gasteiger partial charge in [-0.05, 0) is 48.9 Å². The molecule has 0 aromatic heterocycles. The summed E-state index contributed by atoms with van der Waals surface area (Å²) in [4.78, 5) is 12.1. The molecule has 2 aromatic rings. The Labute approximate surface area is 134 Å². The predicted molar refractivity (Wildman–Crippen MR) is 77.1 cm³/mol. The van der Waals surface area contributed by atoms with Crippen LogP contribution in [-0.4, -0.2) is 18.4 Å². The molecule has 1 amide bonds. The van der Waals surface area contributed by atoms with Crippen molar-refractivity contribution < 1.29 is 31.5 Å². The van der Waals surface area contributed by atoms with Crippen molar-refractivity contribution in [1.82, 2.24) is 0 Å². The molecular formula is C16H12F5NO2. The lowest BCUT2D eigenvalue weighted by molar-refractivity contribution is -0.253. The fraction of sp³-hybridized carbons (Fsp3) is 0.188. The number of carbonyl (C=O) groups excluding carboxylic acids is 1. The minimum absolute atomic E-state index is 0.0821. The first kappa shape index (κ1) is 17.7. The van der Waals surface area contributed by atoms with Gasteiger partial charge in [-0.1, -0.05) is 6.07 Å². The van der Waals surface area contributed by atoms with Crippen LogP contribution in [0.25, 0.3) is 0 Å². The first-order chi connectivity index (χ1) is 11.2. The van der Waals surface area contributed by atoms with E-state index < -0.39 is 30.0 Å². The van der Waals surface area contributed by atoms with Gasteiger partial charge in [0.25, 0.3) is 5.91 Å². The van der Waals surface area contributed by atoms with Gasteiger partial charge < -0.3 is 10.1 Å². The highest BCUT2D eigenvalue weighted by Crippen LogP contribution is 2.28. The first-order valence-corrected chi connectivity index (χ1v) is 6.71. The summed E-state index contributed by atoms with van der Waals surface area (Å²) in [5.74, 6) is -1.74. The van der Waals surface area contributed by atoms with Gasteiger partial charge >= 0.3 is 12.5 Å². The van der Waals surface area contributed by atoms with Gasteiger partial charge in [-0.3, -0.25) is 4.79 Å². The van der Waals surface area contributed by atoms with Crippen molar-refractivity contribution in [3.05, 3.63) is 59.4 Å². The van der Waals surface area contributed by atoms with Crippen LogP contribution >= 0.6 is 0 Å². The molecule has 0 aliphatic carbocycles. The number of amides is 1. The summed E-state index contributed by atoms with van der Waals surface area (Å²) in [6.07, 6.45) is -8.67. The first-order valence-electron chi connectivity index (χ1n) is 6.71. The van der Waals surface area contributed by atoms with E-state index in [1.54, 1.807) is 6.92 Å². The van der Waals surface area contributed by atoms with E-state index in [0.29, 0.717) is 11.3 Å². The van der Waals surface area contributed by atoms with Gasteiger partial charge in [-0.2, -0.15) is 17.6 Å². The summed E-state index contributed by atoms with van der Waals surface area (Å²) < 4.78 is 67.0. The Morgan fingerprint density at radius 2 is 1.88 bits per heavy atom. The van der Waals surface area contributed by atoms with Crippen LogP contribution in [0.2, 0.25) is 0 Å². The zero-order valence-corrected chi connectivity index (χ0v) is 12.3. The Morgan fingerprint density at radius 1 is 1.17 bits per heavy atom. The lowest BCUT2D eigenvalue weighted by atomic mass is 10.1. The van der Waals surface area contributed by atoms with Crippen LogP contribution in [0.4, 0.5) is 27.6 Å². The van der Waals surface area contributed by atoms with Crippen molar-refractivity contribution in [3.63, 3.8) is 0 Å². The maximum absolute atomic E-state index is 13.0. The molecule has 24 heavy (non-hydrogen) atoms. The second-order valence-electron chi connectivity index (χ2n) is 4.91. The average molecular weight is 345 g/mol. The third kappa shape index (κ3) is 4.21. The van der Waals surface area contributed by atoms with Crippen molar-refractivity contribution >= 4 is 11.6 Å². The molecule has 0 fully saturated rings. The average Bonchev–Trinajstić information content (AvgIpc) is 2.49. The Balaban J connectivity index is 2.17. The summed E-state index contributed by atoms with van der Waals surface area (Å²) in [5.41, 5.74) is 0.701. The Hall–Kier alpha value is -2.64. The smallest absolute Gasteiger partial charge is 0.428 e. The number of aryl methyl sites for hydroxylation is 1. The van der Waals surface area contributed by atoms with E-state index in [0.717, 1.165) is 18.2 Å². The Bertz CT molecular complexity index is 749. The zero-order valence-electron chi connectivity index (χ0n) is 12.3. The summed E-state index contributed by atoms with van der Waals surface area (Å²) in [6, 6.07) is 8.13. The minimum Gasteiger partial charge on any atom is -0.428 e. The summed E-state index contributed by atoms with van der Waals surface area (Å²) in [5, 5.41) is 2.47. The van der Waals surface area contributed by atoms with Crippen LogP contribution in [0, 0.1) is 12.7 Å². The van der Waals surface area contributed by atoms with Crippen LogP contribution in [0.5, 0.6) is 5.75 Å². The number of hydrogen-bond acceptors (Lipinski definition) is 2. The number of nitrogens with one attached hydrogen (secondary N) is 1. The molecule has 1 N–H and O–H groups in total. The number of hydrogen-bond donors (Lipinski definition) is 1. The maximum Gasteiger partial charge on any atom is 0.461 e. The number of ether oxygens (including phenoxy) is 1. The largest absolute Gasteiger partial charge is 0.461 e. The fourth-order valence-electron chi connectivity index (χ4n) is 1.86. The lowest BCUT2D eigenvalue weighted by Crippen LogP contribution is -2.33. The van der Waals surface area contributed by atoms with E-state index >= 15 is 0 Å². The molecule has 0 saturated carbocycles. The zero-order chi connectivity index (χ0) is 17.9. The van der Waals surface area contributed by atoms with Crippen LogP contribution in [0.1, 0.15) is 15.9 Å². The van der Waals surface area contributed by atoms with Gasteiger partial charge in [0.2, 0.25) is 0 Å². The Morgan fingerprint density at radius 3 is 2.50 bits per heavy atom. The van der Waals surface area contributed by atoms with Crippen molar-refractivity contribution in [2.24, 2.45) is 0 Å². The highest BCUT2D eigenvalue weighted by Gasteiger charge is 2.44. The molecule has 0 spiro atoms. The molecule has 0 heterocycles. The summed E-state index contributed by atoms with van der Waals surface area (Å²) in [6.45, 7) is 1.57. The van der Waals surface area contributed by atoms with Crippen molar-refractivity contribution in [1.29, 1.82) is 0 Å². The molecule has 0 radical (unpaired) electrons. The molecule has 0 aliphatic rings. The molecule has 0 atom stereocenters. The minimum atomic E-state index is -4.66. The fourth-order valence-corrected chi connectivity index (χ4v) is 1.86. The Kier molecular flexibility index (Phi) is 5.06. The van der Waals surface area contributed by atoms with Gasteiger partial charge in [0.05, 0.1) is 0 Å². The predicted octanol–water partition coefficient (Wildman–Crippen LogP) is 4.62.